The third kappa shape index (κ3) is 4.51. The first-order valence-electron chi connectivity index (χ1n) is 10.0. The van der Waals surface area contributed by atoms with E-state index in [2.05, 4.69) is 10.3 Å². The Bertz CT molecular complexity index is 835. The van der Waals surface area contributed by atoms with Gasteiger partial charge in [-0.1, -0.05) is 0 Å². The number of amides is 1. The summed E-state index contributed by atoms with van der Waals surface area (Å²) in [4.78, 5) is 19.7. The smallest absolute Gasteiger partial charge is 0.254 e. The molecule has 1 saturated carbocycles. The number of aryl methyl sites for hydroxylation is 1. The average molecular weight is 421 g/mol. The molecule has 4 rings (SSSR count). The number of hydrogen-bond donors (Lipinski definition) is 1. The minimum Gasteiger partial charge on any atom is -0.493 e. The summed E-state index contributed by atoms with van der Waals surface area (Å²) < 4.78 is 13.6. The van der Waals surface area contributed by atoms with Crippen LogP contribution in [0, 0.1) is 0 Å². The molecule has 0 bridgehead atoms. The molecule has 1 aliphatic heterocycles. The van der Waals surface area contributed by atoms with Gasteiger partial charge in [0.25, 0.3) is 5.91 Å². The predicted molar refractivity (Wildman–Crippen MR) is 113 cm³/mol. The average Bonchev–Trinajstić information content (AvgIpc) is 3.39. The number of rotatable bonds is 5. The number of carbonyl (C=O) groups excluding carboxylic acids is 1. The lowest BCUT2D eigenvalue weighted by atomic mass is 10.1. The first-order chi connectivity index (χ1) is 13.7. The second-order valence-corrected chi connectivity index (χ2v) is 7.50. The van der Waals surface area contributed by atoms with Crippen LogP contribution < -0.4 is 14.8 Å². The summed E-state index contributed by atoms with van der Waals surface area (Å²) >= 11 is 0. The maximum Gasteiger partial charge on any atom is 0.254 e. The molecule has 8 heteroatoms. The van der Waals surface area contributed by atoms with E-state index in [1.54, 1.807) is 19.4 Å². The van der Waals surface area contributed by atoms with Crippen molar-refractivity contribution in [3.63, 3.8) is 0 Å². The minimum atomic E-state index is -0.0957. The monoisotopic (exact) mass is 420 g/mol. The first-order valence-corrected chi connectivity index (χ1v) is 10.0. The van der Waals surface area contributed by atoms with E-state index < -0.39 is 0 Å². The van der Waals surface area contributed by atoms with Crippen molar-refractivity contribution in [3.05, 3.63) is 42.0 Å². The molecule has 1 aromatic carbocycles. The highest BCUT2D eigenvalue weighted by atomic mass is 35.5. The predicted octanol–water partition coefficient (Wildman–Crippen LogP) is 2.96. The van der Waals surface area contributed by atoms with E-state index in [1.807, 2.05) is 34.8 Å². The van der Waals surface area contributed by atoms with Gasteiger partial charge in [-0.25, -0.2) is 4.98 Å². The van der Waals surface area contributed by atoms with Crippen molar-refractivity contribution < 1.29 is 14.3 Å². The third-order valence-electron chi connectivity index (χ3n) is 5.67. The summed E-state index contributed by atoms with van der Waals surface area (Å²) in [5, 5.41) is 3.37. The summed E-state index contributed by atoms with van der Waals surface area (Å²) in [6.07, 6.45) is 8.50. The molecule has 2 heterocycles. The summed E-state index contributed by atoms with van der Waals surface area (Å²) in [5.41, 5.74) is 0.608. The molecule has 0 radical (unpaired) electrons. The molecule has 29 heavy (non-hydrogen) atoms. The van der Waals surface area contributed by atoms with Crippen LogP contribution in [-0.4, -0.2) is 53.2 Å². The molecule has 1 N–H and O–H groups in total. The van der Waals surface area contributed by atoms with Crippen LogP contribution >= 0.6 is 12.4 Å². The number of benzene rings is 1. The molecular weight excluding hydrogens is 392 g/mol. The molecule has 1 amide bonds. The number of imidazole rings is 1. The number of nitrogens with one attached hydrogen (secondary N) is 1. The first kappa shape index (κ1) is 21.5. The minimum absolute atomic E-state index is 0. The van der Waals surface area contributed by atoms with E-state index in [1.165, 1.54) is 12.8 Å². The SMILES string of the molecule is COc1cc(C(=O)N2CCNCC2c2nccn2C)ccc1OC1CCCC1.Cl. The van der Waals surface area contributed by atoms with Crippen LogP contribution in [0.1, 0.15) is 47.9 Å². The Hall–Kier alpha value is -2.25. The van der Waals surface area contributed by atoms with Gasteiger partial charge >= 0.3 is 0 Å². The van der Waals surface area contributed by atoms with Crippen LogP contribution in [0.3, 0.4) is 0 Å². The number of piperazine rings is 1. The highest BCUT2D eigenvalue weighted by Crippen LogP contribution is 2.33. The second-order valence-electron chi connectivity index (χ2n) is 7.50. The second kappa shape index (κ2) is 9.50. The molecule has 158 valence electrons. The molecular formula is C21H29ClN4O3. The standard InChI is InChI=1S/C21H28N4O3.ClH/c1-24-11-10-23-20(24)17-14-22-9-12-25(17)21(26)15-7-8-18(19(13-15)27-2)28-16-5-3-4-6-16;/h7-8,10-11,13,16-17,22H,3-6,9,12,14H2,1-2H3;1H. The van der Waals surface area contributed by atoms with E-state index in [0.29, 0.717) is 30.2 Å². The van der Waals surface area contributed by atoms with Gasteiger partial charge in [-0.15, -0.1) is 12.4 Å². The zero-order valence-electron chi connectivity index (χ0n) is 17.0. The molecule has 0 spiro atoms. The molecule has 1 saturated heterocycles. The van der Waals surface area contributed by atoms with Gasteiger partial charge in [0.1, 0.15) is 11.9 Å². The summed E-state index contributed by atoms with van der Waals surface area (Å²) in [6, 6.07) is 5.40. The Balaban J connectivity index is 0.00000240. The van der Waals surface area contributed by atoms with Crippen LogP contribution in [0.2, 0.25) is 0 Å². The van der Waals surface area contributed by atoms with Gasteiger partial charge in [0.15, 0.2) is 11.5 Å². The fourth-order valence-corrected chi connectivity index (χ4v) is 4.13. The number of halogens is 1. The number of aromatic nitrogens is 2. The zero-order chi connectivity index (χ0) is 19.5. The van der Waals surface area contributed by atoms with Crippen LogP contribution in [-0.2, 0) is 7.05 Å². The highest BCUT2D eigenvalue weighted by molar-refractivity contribution is 5.95. The lowest BCUT2D eigenvalue weighted by Crippen LogP contribution is -2.49. The van der Waals surface area contributed by atoms with Crippen LogP contribution in [0.25, 0.3) is 0 Å². The molecule has 2 fully saturated rings. The molecule has 1 atom stereocenters. The normalized spacial score (nSPS) is 19.7. The zero-order valence-corrected chi connectivity index (χ0v) is 17.8. The summed E-state index contributed by atoms with van der Waals surface area (Å²) in [7, 11) is 3.57. The lowest BCUT2D eigenvalue weighted by Gasteiger charge is -2.36. The fraction of sp³-hybridized carbons (Fsp3) is 0.524. The van der Waals surface area contributed by atoms with Gasteiger partial charge in [-0.3, -0.25) is 4.79 Å². The van der Waals surface area contributed by atoms with E-state index in [9.17, 15) is 4.79 Å². The van der Waals surface area contributed by atoms with Crippen molar-refractivity contribution in [3.8, 4) is 11.5 Å². The molecule has 1 aliphatic carbocycles. The molecule has 7 nitrogen and oxygen atoms in total. The number of hydrogen-bond acceptors (Lipinski definition) is 5. The largest absolute Gasteiger partial charge is 0.493 e. The van der Waals surface area contributed by atoms with E-state index in [4.69, 9.17) is 9.47 Å². The Morgan fingerprint density at radius 2 is 2.03 bits per heavy atom. The topological polar surface area (TPSA) is 68.6 Å². The number of nitrogens with zero attached hydrogens (tertiary/aromatic N) is 3. The number of methoxy groups -OCH3 is 1. The quantitative estimate of drug-likeness (QED) is 0.805. The number of ether oxygens (including phenoxy) is 2. The van der Waals surface area contributed by atoms with Crippen molar-refractivity contribution in [2.75, 3.05) is 26.7 Å². The molecule has 1 unspecified atom stereocenters. The fourth-order valence-electron chi connectivity index (χ4n) is 4.13. The Labute approximate surface area is 177 Å². The Morgan fingerprint density at radius 3 is 2.72 bits per heavy atom. The summed E-state index contributed by atoms with van der Waals surface area (Å²) in [6.45, 7) is 2.10. The summed E-state index contributed by atoms with van der Waals surface area (Å²) in [5.74, 6) is 2.20. The maximum atomic E-state index is 13.3. The van der Waals surface area contributed by atoms with Crippen molar-refractivity contribution in [1.29, 1.82) is 0 Å². The van der Waals surface area contributed by atoms with E-state index in [-0.39, 0.29) is 30.5 Å². The van der Waals surface area contributed by atoms with Gasteiger partial charge in [-0.05, 0) is 43.9 Å². The van der Waals surface area contributed by atoms with Crippen LogP contribution in [0.15, 0.2) is 30.6 Å². The van der Waals surface area contributed by atoms with E-state index >= 15 is 0 Å². The van der Waals surface area contributed by atoms with Gasteiger partial charge in [0.05, 0.1) is 13.2 Å². The van der Waals surface area contributed by atoms with Gasteiger partial charge in [-0.2, -0.15) is 0 Å². The van der Waals surface area contributed by atoms with E-state index in [0.717, 1.165) is 25.2 Å². The Kier molecular flexibility index (Phi) is 7.03. The highest BCUT2D eigenvalue weighted by Gasteiger charge is 2.31. The van der Waals surface area contributed by atoms with Gasteiger partial charge in [0.2, 0.25) is 0 Å². The van der Waals surface area contributed by atoms with Crippen molar-refractivity contribution >= 4 is 18.3 Å². The van der Waals surface area contributed by atoms with Gasteiger partial charge in [0, 0.05) is 44.6 Å². The van der Waals surface area contributed by atoms with Crippen LogP contribution in [0.4, 0.5) is 0 Å². The maximum absolute atomic E-state index is 13.3. The lowest BCUT2D eigenvalue weighted by molar-refractivity contribution is 0.0620. The van der Waals surface area contributed by atoms with Crippen molar-refractivity contribution in [2.24, 2.45) is 7.05 Å². The van der Waals surface area contributed by atoms with Crippen LogP contribution in [0.5, 0.6) is 11.5 Å². The number of carbonyl (C=O) groups is 1. The van der Waals surface area contributed by atoms with Gasteiger partial charge < -0.3 is 24.3 Å². The molecule has 2 aliphatic rings. The van der Waals surface area contributed by atoms with Crippen molar-refractivity contribution in [2.45, 2.75) is 37.8 Å². The molecule has 2 aromatic rings. The Morgan fingerprint density at radius 1 is 1.24 bits per heavy atom. The molecule has 1 aromatic heterocycles. The third-order valence-corrected chi connectivity index (χ3v) is 5.67. The van der Waals surface area contributed by atoms with Crippen molar-refractivity contribution in [1.82, 2.24) is 19.8 Å².